The van der Waals surface area contributed by atoms with E-state index in [0.717, 1.165) is 10.0 Å². The summed E-state index contributed by atoms with van der Waals surface area (Å²) in [7, 11) is 4.86. The predicted molar refractivity (Wildman–Crippen MR) is 95.5 cm³/mol. The van der Waals surface area contributed by atoms with Gasteiger partial charge in [-0.05, 0) is 24.6 Å². The van der Waals surface area contributed by atoms with Gasteiger partial charge in [0.1, 0.15) is 0 Å². The van der Waals surface area contributed by atoms with Crippen LogP contribution in [0.4, 0.5) is 0 Å². The highest BCUT2D eigenvalue weighted by molar-refractivity contribution is 9.10. The highest BCUT2D eigenvalue weighted by atomic mass is 79.9. The summed E-state index contributed by atoms with van der Waals surface area (Å²) in [5, 5.41) is 3.51. The fourth-order valence-electron chi connectivity index (χ4n) is 2.50. The number of hydrogen-bond donors (Lipinski definition) is 1. The smallest absolute Gasteiger partial charge is 0.203 e. The van der Waals surface area contributed by atoms with Gasteiger partial charge in [0.05, 0.1) is 21.3 Å². The van der Waals surface area contributed by atoms with Crippen molar-refractivity contribution in [3.05, 3.63) is 52.0 Å². The van der Waals surface area contributed by atoms with Crippen LogP contribution in [0, 0.1) is 0 Å². The van der Waals surface area contributed by atoms with E-state index >= 15 is 0 Å². The van der Waals surface area contributed by atoms with E-state index in [2.05, 4.69) is 34.2 Å². The first kappa shape index (κ1) is 17.6. The molecule has 0 unspecified atom stereocenters. The molecule has 1 atom stereocenters. The van der Waals surface area contributed by atoms with E-state index in [1.165, 1.54) is 5.56 Å². The average molecular weight is 380 g/mol. The summed E-state index contributed by atoms with van der Waals surface area (Å²) in [6.45, 7) is 2.79. The van der Waals surface area contributed by atoms with Crippen molar-refractivity contribution in [2.24, 2.45) is 0 Å². The number of benzene rings is 2. The molecule has 23 heavy (non-hydrogen) atoms. The van der Waals surface area contributed by atoms with Gasteiger partial charge >= 0.3 is 0 Å². The Bertz CT molecular complexity index is 661. The molecule has 0 aliphatic rings. The summed E-state index contributed by atoms with van der Waals surface area (Å²) in [4.78, 5) is 0. The highest BCUT2D eigenvalue weighted by Gasteiger charge is 2.16. The van der Waals surface area contributed by atoms with Gasteiger partial charge in [0, 0.05) is 22.6 Å². The lowest BCUT2D eigenvalue weighted by Gasteiger charge is -2.19. The first-order chi connectivity index (χ1) is 11.1. The van der Waals surface area contributed by atoms with E-state index in [1.807, 2.05) is 30.3 Å². The van der Waals surface area contributed by atoms with Crippen LogP contribution in [-0.2, 0) is 6.54 Å². The molecule has 2 rings (SSSR count). The van der Waals surface area contributed by atoms with Gasteiger partial charge in [-0.3, -0.25) is 0 Å². The minimum Gasteiger partial charge on any atom is -0.493 e. The number of halogens is 1. The lowest BCUT2D eigenvalue weighted by Crippen LogP contribution is -2.19. The normalized spacial score (nSPS) is 11.9. The molecule has 2 aromatic rings. The van der Waals surface area contributed by atoms with Crippen molar-refractivity contribution in [3.8, 4) is 17.2 Å². The third-order valence-corrected chi connectivity index (χ3v) is 4.48. The molecule has 0 radical (unpaired) electrons. The minimum absolute atomic E-state index is 0.198. The Morgan fingerprint density at radius 2 is 1.65 bits per heavy atom. The van der Waals surface area contributed by atoms with E-state index in [0.29, 0.717) is 23.8 Å². The summed E-state index contributed by atoms with van der Waals surface area (Å²) < 4.78 is 17.4. The predicted octanol–water partition coefficient (Wildman–Crippen LogP) is 4.33. The zero-order valence-electron chi connectivity index (χ0n) is 13.9. The second-order valence-corrected chi connectivity index (χ2v) is 5.97. The Morgan fingerprint density at radius 1 is 0.957 bits per heavy atom. The minimum atomic E-state index is 0.198. The van der Waals surface area contributed by atoms with Crippen LogP contribution < -0.4 is 19.5 Å². The Kier molecular flexibility index (Phi) is 6.30. The number of rotatable bonds is 7. The summed E-state index contributed by atoms with van der Waals surface area (Å²) in [6, 6.07) is 12.3. The maximum atomic E-state index is 5.52. The Morgan fingerprint density at radius 3 is 2.26 bits per heavy atom. The van der Waals surface area contributed by atoms with Crippen LogP contribution in [0.3, 0.4) is 0 Å². The van der Waals surface area contributed by atoms with Crippen molar-refractivity contribution < 1.29 is 14.2 Å². The van der Waals surface area contributed by atoms with Crippen LogP contribution in [-0.4, -0.2) is 21.3 Å². The van der Waals surface area contributed by atoms with Crippen LogP contribution in [0.15, 0.2) is 40.9 Å². The summed E-state index contributed by atoms with van der Waals surface area (Å²) >= 11 is 3.59. The molecule has 0 fully saturated rings. The summed E-state index contributed by atoms with van der Waals surface area (Å²) in [5.41, 5.74) is 2.23. The van der Waals surface area contributed by atoms with Crippen LogP contribution in [0.5, 0.6) is 17.2 Å². The highest BCUT2D eigenvalue weighted by Crippen LogP contribution is 2.39. The van der Waals surface area contributed by atoms with E-state index < -0.39 is 0 Å². The summed E-state index contributed by atoms with van der Waals surface area (Å²) in [6.07, 6.45) is 0. The lowest BCUT2D eigenvalue weighted by molar-refractivity contribution is 0.321. The van der Waals surface area contributed by atoms with Crippen molar-refractivity contribution in [3.63, 3.8) is 0 Å². The third kappa shape index (κ3) is 3.98. The van der Waals surface area contributed by atoms with E-state index in [-0.39, 0.29) is 6.04 Å². The van der Waals surface area contributed by atoms with Crippen molar-refractivity contribution in [1.82, 2.24) is 5.32 Å². The third-order valence-electron chi connectivity index (χ3n) is 3.76. The molecule has 0 aliphatic carbocycles. The van der Waals surface area contributed by atoms with Gasteiger partial charge in [-0.25, -0.2) is 0 Å². The zero-order chi connectivity index (χ0) is 16.8. The molecule has 1 N–H and O–H groups in total. The van der Waals surface area contributed by atoms with Crippen molar-refractivity contribution in [1.29, 1.82) is 0 Å². The number of methoxy groups -OCH3 is 3. The second-order valence-electron chi connectivity index (χ2n) is 5.12. The molecule has 0 spiro atoms. The van der Waals surface area contributed by atoms with Gasteiger partial charge in [0.15, 0.2) is 11.5 Å². The fourth-order valence-corrected chi connectivity index (χ4v) is 3.13. The molecule has 4 nitrogen and oxygen atoms in total. The topological polar surface area (TPSA) is 39.7 Å². The monoisotopic (exact) mass is 379 g/mol. The summed E-state index contributed by atoms with van der Waals surface area (Å²) in [5.74, 6) is 1.97. The van der Waals surface area contributed by atoms with Gasteiger partial charge in [0.25, 0.3) is 0 Å². The van der Waals surface area contributed by atoms with E-state index in [1.54, 1.807) is 21.3 Å². The molecule has 0 saturated heterocycles. The molecule has 5 heteroatoms. The van der Waals surface area contributed by atoms with Crippen LogP contribution in [0.1, 0.15) is 24.1 Å². The molecule has 0 heterocycles. The van der Waals surface area contributed by atoms with E-state index in [4.69, 9.17) is 14.2 Å². The molecule has 0 aliphatic heterocycles. The van der Waals surface area contributed by atoms with Crippen molar-refractivity contribution in [2.75, 3.05) is 21.3 Å². The largest absolute Gasteiger partial charge is 0.493 e. The standard InChI is InChI=1S/C18H22BrNO3/c1-12(14-7-5-6-8-15(14)19)20-11-13-9-10-16(21-2)18(23-4)17(13)22-3/h5-10,12,20H,11H2,1-4H3/t12-/m0/s1. The first-order valence-corrected chi connectivity index (χ1v) is 8.17. The van der Waals surface area contributed by atoms with Crippen molar-refractivity contribution >= 4 is 15.9 Å². The number of ether oxygens (including phenoxy) is 3. The molecule has 2 aromatic carbocycles. The van der Waals surface area contributed by atoms with Crippen LogP contribution in [0.2, 0.25) is 0 Å². The Balaban J connectivity index is 2.19. The molecule has 0 aromatic heterocycles. The maximum absolute atomic E-state index is 5.52. The fraction of sp³-hybridized carbons (Fsp3) is 0.333. The zero-order valence-corrected chi connectivity index (χ0v) is 15.4. The van der Waals surface area contributed by atoms with Gasteiger partial charge < -0.3 is 19.5 Å². The average Bonchev–Trinajstić information content (AvgIpc) is 2.58. The van der Waals surface area contributed by atoms with Gasteiger partial charge in [-0.1, -0.05) is 40.2 Å². The quantitative estimate of drug-likeness (QED) is 0.777. The molecular formula is C18H22BrNO3. The van der Waals surface area contributed by atoms with E-state index in [9.17, 15) is 0 Å². The SMILES string of the molecule is COc1ccc(CN[C@@H](C)c2ccccc2Br)c(OC)c1OC. The Hall–Kier alpha value is -1.72. The Labute approximate surface area is 145 Å². The van der Waals surface area contributed by atoms with Gasteiger partial charge in [-0.2, -0.15) is 0 Å². The second kappa shape index (κ2) is 8.22. The van der Waals surface area contributed by atoms with Crippen molar-refractivity contribution in [2.45, 2.75) is 19.5 Å². The lowest BCUT2D eigenvalue weighted by atomic mass is 10.1. The molecule has 0 saturated carbocycles. The molecular weight excluding hydrogens is 358 g/mol. The molecule has 124 valence electrons. The van der Waals surface area contributed by atoms with Gasteiger partial charge in [0.2, 0.25) is 5.75 Å². The maximum Gasteiger partial charge on any atom is 0.203 e. The number of hydrogen-bond acceptors (Lipinski definition) is 4. The molecule has 0 bridgehead atoms. The van der Waals surface area contributed by atoms with Gasteiger partial charge in [-0.15, -0.1) is 0 Å². The number of nitrogens with one attached hydrogen (secondary N) is 1. The van der Waals surface area contributed by atoms with Crippen LogP contribution in [0.25, 0.3) is 0 Å². The molecule has 0 amide bonds. The first-order valence-electron chi connectivity index (χ1n) is 7.38. The van der Waals surface area contributed by atoms with Crippen LogP contribution >= 0.6 is 15.9 Å².